The molecule has 0 aromatic carbocycles. The van der Waals surface area contributed by atoms with Crippen LogP contribution in [0.15, 0.2) is 0 Å². The zero-order chi connectivity index (χ0) is 12.8. The third-order valence-electron chi connectivity index (χ3n) is 3.45. The van der Waals surface area contributed by atoms with Crippen molar-refractivity contribution >= 4 is 6.09 Å². The summed E-state index contributed by atoms with van der Waals surface area (Å²) in [4.78, 5) is 13.2. The van der Waals surface area contributed by atoms with Crippen LogP contribution < -0.4 is 0 Å². The van der Waals surface area contributed by atoms with E-state index >= 15 is 0 Å². The summed E-state index contributed by atoms with van der Waals surface area (Å²) in [6.45, 7) is 6.15. The molecule has 1 amide bonds. The number of piperidine rings is 1. The number of fused-ring (bicyclic) bond motifs is 1. The number of amides is 1. The first-order valence-electron chi connectivity index (χ1n) is 5.82. The molecule has 1 unspecified atom stereocenters. The molecule has 1 heterocycles. The average molecular weight is 240 g/mol. The van der Waals surface area contributed by atoms with Crippen LogP contribution in [0.5, 0.6) is 0 Å². The van der Waals surface area contributed by atoms with Crippen LogP contribution in [-0.4, -0.2) is 35.4 Å². The summed E-state index contributed by atoms with van der Waals surface area (Å²) in [6, 6.07) is 1.87. The molecule has 0 aromatic heterocycles. The number of hydrogen-bond donors (Lipinski definition) is 0. The molecule has 0 aromatic rings. The van der Waals surface area contributed by atoms with Gasteiger partial charge in [-0.15, -0.1) is 0 Å². The van der Waals surface area contributed by atoms with Crippen molar-refractivity contribution in [3.05, 3.63) is 0 Å². The highest BCUT2D eigenvalue weighted by Gasteiger charge is 2.70. The van der Waals surface area contributed by atoms with Gasteiger partial charge in [0.2, 0.25) is 0 Å². The zero-order valence-electron chi connectivity index (χ0n) is 10.4. The lowest BCUT2D eigenvalue weighted by Gasteiger charge is -2.26. The van der Waals surface area contributed by atoms with Crippen molar-refractivity contribution < 1.29 is 13.9 Å². The van der Waals surface area contributed by atoms with Gasteiger partial charge in [-0.1, -0.05) is 0 Å². The largest absolute Gasteiger partial charge is 0.444 e. The Kier molecular flexibility index (Phi) is 2.57. The molecule has 0 N–H and O–H groups in total. The SMILES string of the molecule is CC(C)(C)OC(=O)N1C[C@@H]2[C@H](C1)C2(F)CC#N. The molecule has 17 heavy (non-hydrogen) atoms. The molecule has 2 fully saturated rings. The lowest BCUT2D eigenvalue weighted by Crippen LogP contribution is -2.38. The maximum atomic E-state index is 14.0. The van der Waals surface area contributed by atoms with Gasteiger partial charge in [0.1, 0.15) is 11.3 Å². The third kappa shape index (κ3) is 2.08. The van der Waals surface area contributed by atoms with Crippen LogP contribution >= 0.6 is 0 Å². The lowest BCUT2D eigenvalue weighted by molar-refractivity contribution is 0.0240. The van der Waals surface area contributed by atoms with E-state index in [9.17, 15) is 9.18 Å². The van der Waals surface area contributed by atoms with Crippen LogP contribution in [0.4, 0.5) is 9.18 Å². The molecule has 2 aliphatic rings. The monoisotopic (exact) mass is 240 g/mol. The molecular weight excluding hydrogens is 223 g/mol. The van der Waals surface area contributed by atoms with Gasteiger partial charge in [-0.05, 0) is 20.8 Å². The van der Waals surface area contributed by atoms with Crippen LogP contribution in [0, 0.1) is 23.2 Å². The molecule has 5 heteroatoms. The molecule has 4 nitrogen and oxygen atoms in total. The van der Waals surface area contributed by atoms with Gasteiger partial charge in [0.25, 0.3) is 0 Å². The van der Waals surface area contributed by atoms with Crippen LogP contribution in [0.1, 0.15) is 27.2 Å². The minimum atomic E-state index is -1.35. The first-order valence-corrected chi connectivity index (χ1v) is 5.82. The first kappa shape index (κ1) is 12.2. The Morgan fingerprint density at radius 1 is 1.53 bits per heavy atom. The van der Waals surface area contributed by atoms with Gasteiger partial charge in [-0.3, -0.25) is 0 Å². The summed E-state index contributed by atoms with van der Waals surface area (Å²) in [7, 11) is 0. The second-order valence-corrected chi connectivity index (χ2v) is 5.86. The van der Waals surface area contributed by atoms with E-state index < -0.39 is 11.3 Å². The summed E-state index contributed by atoms with van der Waals surface area (Å²) in [5.74, 6) is -0.343. The maximum Gasteiger partial charge on any atom is 0.410 e. The van der Waals surface area contributed by atoms with Gasteiger partial charge in [-0.2, -0.15) is 5.26 Å². The summed E-state index contributed by atoms with van der Waals surface area (Å²) < 4.78 is 19.2. The average Bonchev–Trinajstić information content (AvgIpc) is 2.61. The molecule has 94 valence electrons. The standard InChI is InChI=1S/C12H17FN2O2/c1-11(2,3)17-10(16)15-6-8-9(7-15)12(8,13)4-5-14/h8-9H,4,6-7H2,1-3H3/t8-,9+,12?. The molecule has 2 rings (SSSR count). The fourth-order valence-electron chi connectivity index (χ4n) is 2.53. The fourth-order valence-corrected chi connectivity index (χ4v) is 2.53. The number of carbonyl (C=O) groups excluding carboxylic acids is 1. The van der Waals surface area contributed by atoms with Crippen molar-refractivity contribution in [2.45, 2.75) is 38.5 Å². The molecule has 0 bridgehead atoms. The van der Waals surface area contributed by atoms with Gasteiger partial charge in [0, 0.05) is 24.9 Å². The Hall–Kier alpha value is -1.31. The Labute approximate surface area is 100 Å². The first-order chi connectivity index (χ1) is 7.78. The molecule has 1 aliphatic heterocycles. The van der Waals surface area contributed by atoms with Gasteiger partial charge in [-0.25, -0.2) is 9.18 Å². The molecule has 3 atom stereocenters. The summed E-state index contributed by atoms with van der Waals surface area (Å²) in [5.41, 5.74) is -1.88. The van der Waals surface area contributed by atoms with Crippen molar-refractivity contribution in [2.24, 2.45) is 11.8 Å². The van der Waals surface area contributed by atoms with Crippen molar-refractivity contribution in [1.82, 2.24) is 4.90 Å². The van der Waals surface area contributed by atoms with Gasteiger partial charge in [0.05, 0.1) is 12.5 Å². The number of nitrogens with zero attached hydrogens (tertiary/aromatic N) is 2. The molecule has 0 radical (unpaired) electrons. The quantitative estimate of drug-likeness (QED) is 0.705. The Bertz CT molecular complexity index is 371. The van der Waals surface area contributed by atoms with E-state index in [4.69, 9.17) is 10.00 Å². The number of halogens is 1. The van der Waals surface area contributed by atoms with Crippen LogP contribution in [0.25, 0.3) is 0 Å². The van der Waals surface area contributed by atoms with Crippen molar-refractivity contribution in [2.75, 3.05) is 13.1 Å². The minimum absolute atomic E-state index is 0.0650. The highest BCUT2D eigenvalue weighted by molar-refractivity contribution is 5.69. The van der Waals surface area contributed by atoms with E-state index in [2.05, 4.69) is 0 Å². The molecule has 0 spiro atoms. The van der Waals surface area contributed by atoms with E-state index in [1.807, 2.05) is 6.07 Å². The number of hydrogen-bond acceptors (Lipinski definition) is 3. The zero-order valence-corrected chi connectivity index (χ0v) is 10.4. The maximum absolute atomic E-state index is 14.0. The van der Waals surface area contributed by atoms with Crippen LogP contribution in [-0.2, 0) is 4.74 Å². The van der Waals surface area contributed by atoms with E-state index in [0.29, 0.717) is 13.1 Å². The second-order valence-electron chi connectivity index (χ2n) is 5.86. The number of ether oxygens (including phenoxy) is 1. The fraction of sp³-hybridized carbons (Fsp3) is 0.833. The van der Waals surface area contributed by atoms with Crippen LogP contribution in [0.3, 0.4) is 0 Å². The van der Waals surface area contributed by atoms with E-state index in [-0.39, 0.29) is 24.3 Å². The smallest absolute Gasteiger partial charge is 0.410 e. The number of rotatable bonds is 1. The topological polar surface area (TPSA) is 53.3 Å². The van der Waals surface area contributed by atoms with Gasteiger partial charge >= 0.3 is 6.09 Å². The van der Waals surface area contributed by atoms with Crippen molar-refractivity contribution in [1.29, 1.82) is 5.26 Å². The van der Waals surface area contributed by atoms with Gasteiger partial charge < -0.3 is 9.64 Å². The Balaban J connectivity index is 1.88. The highest BCUT2D eigenvalue weighted by Crippen LogP contribution is 2.60. The predicted octanol–water partition coefficient (Wildman–Crippen LogP) is 2.11. The van der Waals surface area contributed by atoms with Gasteiger partial charge in [0.15, 0.2) is 0 Å². The predicted molar refractivity (Wildman–Crippen MR) is 58.9 cm³/mol. The summed E-state index contributed by atoms with van der Waals surface area (Å²) >= 11 is 0. The van der Waals surface area contributed by atoms with Crippen molar-refractivity contribution in [3.8, 4) is 6.07 Å². The molecular formula is C12H17FN2O2. The number of likely N-dealkylation sites (tertiary alicyclic amines) is 1. The molecule has 1 saturated carbocycles. The Morgan fingerprint density at radius 3 is 2.47 bits per heavy atom. The number of alkyl halides is 1. The Morgan fingerprint density at radius 2 is 2.06 bits per heavy atom. The second kappa shape index (κ2) is 3.59. The molecule has 1 saturated heterocycles. The molecule has 1 aliphatic carbocycles. The highest BCUT2D eigenvalue weighted by atomic mass is 19.1. The van der Waals surface area contributed by atoms with Crippen LogP contribution in [0.2, 0.25) is 0 Å². The third-order valence-corrected chi connectivity index (χ3v) is 3.45. The normalized spacial score (nSPS) is 35.1. The minimum Gasteiger partial charge on any atom is -0.444 e. The van der Waals surface area contributed by atoms with E-state index in [0.717, 1.165) is 0 Å². The van der Waals surface area contributed by atoms with Crippen molar-refractivity contribution in [3.63, 3.8) is 0 Å². The summed E-state index contributed by atoms with van der Waals surface area (Å²) in [5, 5.41) is 8.53. The lowest BCUT2D eigenvalue weighted by atomic mass is 10.1. The van der Waals surface area contributed by atoms with E-state index in [1.54, 1.807) is 20.8 Å². The number of nitriles is 1. The summed E-state index contributed by atoms with van der Waals surface area (Å²) in [6.07, 6.45) is -0.450. The van der Waals surface area contributed by atoms with E-state index in [1.165, 1.54) is 4.90 Å². The number of carbonyl (C=O) groups is 1.